The van der Waals surface area contributed by atoms with Gasteiger partial charge in [0.1, 0.15) is 23.5 Å². The molecule has 0 unspecified atom stereocenters. The van der Waals surface area contributed by atoms with Crippen molar-refractivity contribution in [3.8, 4) is 11.5 Å². The number of para-hydroxylation sites is 1. The van der Waals surface area contributed by atoms with Gasteiger partial charge in [0.15, 0.2) is 11.6 Å². The molecule has 4 rings (SSSR count). The molecule has 0 aliphatic carbocycles. The molecule has 0 spiro atoms. The summed E-state index contributed by atoms with van der Waals surface area (Å²) in [6.45, 7) is 3.82. The maximum absolute atomic E-state index is 6.30. The Morgan fingerprint density at radius 2 is 1.52 bits per heavy atom. The summed E-state index contributed by atoms with van der Waals surface area (Å²) in [7, 11) is 2.12. The minimum Gasteiger partial charge on any atom is -0.457 e. The number of benzene rings is 2. The highest BCUT2D eigenvalue weighted by atomic mass is 16.5. The Morgan fingerprint density at radius 3 is 2.24 bits per heavy atom. The van der Waals surface area contributed by atoms with Gasteiger partial charge in [-0.05, 0) is 43.4 Å². The van der Waals surface area contributed by atoms with Gasteiger partial charge >= 0.3 is 0 Å². The van der Waals surface area contributed by atoms with Crippen LogP contribution in [-0.4, -0.2) is 53.1 Å². The van der Waals surface area contributed by atoms with Gasteiger partial charge in [0.25, 0.3) is 0 Å². The molecule has 1 aliphatic heterocycles. The molecular formula is C21H25N7O. The second kappa shape index (κ2) is 8.76. The Hall–Kier alpha value is -3.36. The third kappa shape index (κ3) is 4.92. The Balaban J connectivity index is 1.41. The SMILES string of the molecule is CN1CCN(Nc2ncnc(Nc3ccc(Oc4ccccc4)cc3)c2N)CC1. The van der Waals surface area contributed by atoms with Gasteiger partial charge in [-0.25, -0.2) is 15.0 Å². The van der Waals surface area contributed by atoms with Gasteiger partial charge < -0.3 is 26.1 Å². The molecule has 0 atom stereocenters. The van der Waals surface area contributed by atoms with E-state index in [0.717, 1.165) is 43.4 Å². The summed E-state index contributed by atoms with van der Waals surface area (Å²) in [5, 5.41) is 5.37. The van der Waals surface area contributed by atoms with Crippen LogP contribution in [0.5, 0.6) is 11.5 Å². The number of likely N-dealkylation sites (N-methyl/N-ethyl adjacent to an activating group) is 1. The van der Waals surface area contributed by atoms with Gasteiger partial charge in [-0.1, -0.05) is 18.2 Å². The lowest BCUT2D eigenvalue weighted by atomic mass is 10.3. The summed E-state index contributed by atoms with van der Waals surface area (Å²) in [6.07, 6.45) is 1.50. The molecule has 29 heavy (non-hydrogen) atoms. The maximum Gasteiger partial charge on any atom is 0.169 e. The number of piperazine rings is 1. The summed E-state index contributed by atoms with van der Waals surface area (Å²) >= 11 is 0. The fourth-order valence-electron chi connectivity index (χ4n) is 3.02. The van der Waals surface area contributed by atoms with E-state index in [1.54, 1.807) is 0 Å². The zero-order valence-electron chi connectivity index (χ0n) is 16.4. The first-order valence-corrected chi connectivity index (χ1v) is 9.58. The summed E-state index contributed by atoms with van der Waals surface area (Å²) in [5.74, 6) is 2.73. The maximum atomic E-state index is 6.30. The number of anilines is 4. The molecule has 8 nitrogen and oxygen atoms in total. The van der Waals surface area contributed by atoms with Crippen LogP contribution in [-0.2, 0) is 0 Å². The number of nitrogens with two attached hydrogens (primary N) is 1. The van der Waals surface area contributed by atoms with Crippen molar-refractivity contribution in [2.45, 2.75) is 0 Å². The van der Waals surface area contributed by atoms with E-state index in [-0.39, 0.29) is 0 Å². The van der Waals surface area contributed by atoms with E-state index in [2.05, 4.69) is 37.7 Å². The summed E-state index contributed by atoms with van der Waals surface area (Å²) in [6, 6.07) is 17.3. The second-order valence-corrected chi connectivity index (χ2v) is 6.95. The number of ether oxygens (including phenoxy) is 1. The van der Waals surface area contributed by atoms with Crippen molar-refractivity contribution in [2.75, 3.05) is 49.7 Å². The normalized spacial score (nSPS) is 15.1. The number of hydrazine groups is 1. The summed E-state index contributed by atoms with van der Waals surface area (Å²) < 4.78 is 5.82. The molecule has 0 saturated carbocycles. The van der Waals surface area contributed by atoms with Crippen LogP contribution < -0.4 is 21.2 Å². The van der Waals surface area contributed by atoms with Crippen LogP contribution in [0.25, 0.3) is 0 Å². The molecule has 2 heterocycles. The molecule has 1 saturated heterocycles. The van der Waals surface area contributed by atoms with Crippen LogP contribution in [0.4, 0.5) is 23.0 Å². The van der Waals surface area contributed by atoms with E-state index in [1.807, 2.05) is 54.6 Å². The lowest BCUT2D eigenvalue weighted by Crippen LogP contribution is -2.47. The fourth-order valence-corrected chi connectivity index (χ4v) is 3.02. The predicted molar refractivity (Wildman–Crippen MR) is 115 cm³/mol. The molecule has 1 aromatic heterocycles. The lowest BCUT2D eigenvalue weighted by Gasteiger charge is -2.32. The molecule has 2 aromatic carbocycles. The van der Waals surface area contributed by atoms with Gasteiger partial charge in [0.2, 0.25) is 0 Å². The van der Waals surface area contributed by atoms with Crippen molar-refractivity contribution in [1.29, 1.82) is 0 Å². The molecule has 3 aromatic rings. The molecular weight excluding hydrogens is 366 g/mol. The van der Waals surface area contributed by atoms with Crippen LogP contribution in [0.2, 0.25) is 0 Å². The van der Waals surface area contributed by atoms with Crippen LogP contribution in [0.3, 0.4) is 0 Å². The van der Waals surface area contributed by atoms with E-state index < -0.39 is 0 Å². The molecule has 150 valence electrons. The molecule has 1 fully saturated rings. The van der Waals surface area contributed by atoms with Crippen molar-refractivity contribution in [3.63, 3.8) is 0 Å². The third-order valence-corrected chi connectivity index (χ3v) is 4.75. The number of nitrogens with zero attached hydrogens (tertiary/aromatic N) is 4. The standard InChI is InChI=1S/C21H25N7O/c1-27-11-13-28(14-12-27)26-21-19(22)20(23-15-24-21)25-16-7-9-18(10-8-16)29-17-5-3-2-4-6-17/h2-10,15H,11-14,22H2,1H3,(H2,23,24,25,26). The topological polar surface area (TPSA) is 91.6 Å². The largest absolute Gasteiger partial charge is 0.457 e. The van der Waals surface area contributed by atoms with Gasteiger partial charge in [-0.15, -0.1) is 0 Å². The molecule has 1 aliphatic rings. The highest BCUT2D eigenvalue weighted by Crippen LogP contribution is 2.28. The van der Waals surface area contributed by atoms with Crippen LogP contribution in [0.15, 0.2) is 60.9 Å². The highest BCUT2D eigenvalue weighted by molar-refractivity contribution is 5.77. The number of rotatable bonds is 6. The molecule has 4 N–H and O–H groups in total. The van der Waals surface area contributed by atoms with Gasteiger partial charge in [-0.3, -0.25) is 0 Å². The fraction of sp³-hybridized carbons (Fsp3) is 0.238. The zero-order valence-corrected chi connectivity index (χ0v) is 16.4. The van der Waals surface area contributed by atoms with Crippen LogP contribution >= 0.6 is 0 Å². The minimum atomic E-state index is 0.482. The number of nitrogens with one attached hydrogen (secondary N) is 2. The first kappa shape index (κ1) is 19.0. The lowest BCUT2D eigenvalue weighted by molar-refractivity contribution is 0.178. The Bertz CT molecular complexity index is 926. The summed E-state index contributed by atoms with van der Waals surface area (Å²) in [5.41, 5.74) is 10.9. The average molecular weight is 391 g/mol. The van der Waals surface area contributed by atoms with Gasteiger partial charge in [0, 0.05) is 31.9 Å². The minimum absolute atomic E-state index is 0.482. The van der Waals surface area contributed by atoms with Crippen molar-refractivity contribution >= 4 is 23.0 Å². The zero-order chi connectivity index (χ0) is 20.1. The number of aromatic nitrogens is 2. The first-order chi connectivity index (χ1) is 14.2. The van der Waals surface area contributed by atoms with E-state index in [9.17, 15) is 0 Å². The smallest absolute Gasteiger partial charge is 0.169 e. The summed E-state index contributed by atoms with van der Waals surface area (Å²) in [4.78, 5) is 10.9. The molecule has 0 radical (unpaired) electrons. The van der Waals surface area contributed by atoms with Gasteiger partial charge in [-0.2, -0.15) is 0 Å². The van der Waals surface area contributed by atoms with Crippen LogP contribution in [0, 0.1) is 0 Å². The number of hydrogen-bond donors (Lipinski definition) is 3. The van der Waals surface area contributed by atoms with Crippen molar-refractivity contribution < 1.29 is 4.74 Å². The molecule has 0 bridgehead atoms. The molecule has 0 amide bonds. The van der Waals surface area contributed by atoms with Crippen LogP contribution in [0.1, 0.15) is 0 Å². The third-order valence-electron chi connectivity index (χ3n) is 4.75. The Kier molecular flexibility index (Phi) is 5.73. The number of nitrogen functional groups attached to an aromatic ring is 1. The molecule has 8 heteroatoms. The van der Waals surface area contributed by atoms with Crippen molar-refractivity contribution in [1.82, 2.24) is 19.9 Å². The van der Waals surface area contributed by atoms with Crippen molar-refractivity contribution in [2.24, 2.45) is 0 Å². The van der Waals surface area contributed by atoms with Gasteiger partial charge in [0.05, 0.1) is 0 Å². The predicted octanol–water partition coefficient (Wildman–Crippen LogP) is 3.17. The Labute approximate surface area is 170 Å². The monoisotopic (exact) mass is 391 g/mol. The first-order valence-electron chi connectivity index (χ1n) is 9.58. The Morgan fingerprint density at radius 1 is 0.862 bits per heavy atom. The quantitative estimate of drug-likeness (QED) is 0.590. The second-order valence-electron chi connectivity index (χ2n) is 6.95. The van der Waals surface area contributed by atoms with E-state index in [4.69, 9.17) is 10.5 Å². The average Bonchev–Trinajstić information content (AvgIpc) is 2.75. The van der Waals surface area contributed by atoms with E-state index in [0.29, 0.717) is 17.3 Å². The number of hydrogen-bond acceptors (Lipinski definition) is 8. The highest BCUT2D eigenvalue weighted by Gasteiger charge is 2.16. The van der Waals surface area contributed by atoms with E-state index >= 15 is 0 Å². The van der Waals surface area contributed by atoms with Crippen molar-refractivity contribution in [3.05, 3.63) is 60.9 Å². The van der Waals surface area contributed by atoms with E-state index in [1.165, 1.54) is 6.33 Å².